The van der Waals surface area contributed by atoms with Gasteiger partial charge in [0.15, 0.2) is 0 Å². The molecule has 2 heterocycles. The number of hydrogen-bond donors (Lipinski definition) is 1. The number of amides is 2. The zero-order valence-electron chi connectivity index (χ0n) is 15.3. The summed E-state index contributed by atoms with van der Waals surface area (Å²) in [6.07, 6.45) is 4.33. The number of rotatable bonds is 5. The zero-order chi connectivity index (χ0) is 19.0. The molecule has 1 saturated heterocycles. The first kappa shape index (κ1) is 17.3. The molecule has 27 heavy (non-hydrogen) atoms. The van der Waals surface area contributed by atoms with Crippen LogP contribution in [0.1, 0.15) is 37.7 Å². The maximum Gasteiger partial charge on any atom is 0.241 e. The third kappa shape index (κ3) is 2.99. The number of carbonyl (C=O) groups is 2. The van der Waals surface area contributed by atoms with Crippen LogP contribution in [0.3, 0.4) is 0 Å². The number of phenolic OH excluding ortho intramolecular Hbond substituents is 1. The SMILES string of the molecule is CCCCn1cc([C@H]2CC(=O)N(c3cccc(O)c3)C2=O)c2ccccc21. The molecule has 0 bridgehead atoms. The lowest BCUT2D eigenvalue weighted by atomic mass is 9.97. The van der Waals surface area contributed by atoms with Crippen LogP contribution in [0, 0.1) is 0 Å². The molecule has 2 amide bonds. The smallest absolute Gasteiger partial charge is 0.241 e. The predicted octanol–water partition coefficient (Wildman–Crippen LogP) is 4.19. The van der Waals surface area contributed by atoms with Crippen LogP contribution in [0.15, 0.2) is 54.7 Å². The Hall–Kier alpha value is -3.08. The van der Waals surface area contributed by atoms with Gasteiger partial charge in [-0.15, -0.1) is 0 Å². The number of phenols is 1. The van der Waals surface area contributed by atoms with Crippen LogP contribution in [0.4, 0.5) is 5.69 Å². The minimum absolute atomic E-state index is 0.0349. The van der Waals surface area contributed by atoms with Gasteiger partial charge < -0.3 is 9.67 Å². The summed E-state index contributed by atoms with van der Waals surface area (Å²) in [5.74, 6) is -0.926. The molecular formula is C22H22N2O3. The molecule has 1 aliphatic rings. The van der Waals surface area contributed by atoms with E-state index < -0.39 is 5.92 Å². The number of para-hydroxylation sites is 1. The van der Waals surface area contributed by atoms with Crippen molar-refractivity contribution < 1.29 is 14.7 Å². The van der Waals surface area contributed by atoms with Gasteiger partial charge in [-0.2, -0.15) is 0 Å². The van der Waals surface area contributed by atoms with Crippen molar-refractivity contribution in [2.24, 2.45) is 0 Å². The highest BCUT2D eigenvalue weighted by atomic mass is 16.3. The summed E-state index contributed by atoms with van der Waals surface area (Å²) in [6.45, 7) is 3.04. The molecule has 0 unspecified atom stereocenters. The standard InChI is InChI=1S/C22H22N2O3/c1-2-3-11-23-14-19(17-9-4-5-10-20(17)23)18-13-21(26)24(22(18)27)15-7-6-8-16(25)12-15/h4-10,12,14,18,25H,2-3,11,13H2,1H3/t18-/m1/s1. The van der Waals surface area contributed by atoms with E-state index in [-0.39, 0.29) is 24.0 Å². The average Bonchev–Trinajstić information content (AvgIpc) is 3.17. The Morgan fingerprint density at radius 1 is 1.11 bits per heavy atom. The number of fused-ring (bicyclic) bond motifs is 1. The van der Waals surface area contributed by atoms with Gasteiger partial charge in [0.2, 0.25) is 11.8 Å². The van der Waals surface area contributed by atoms with Crippen LogP contribution in [0.25, 0.3) is 10.9 Å². The van der Waals surface area contributed by atoms with Crippen LogP contribution in [-0.4, -0.2) is 21.5 Å². The monoisotopic (exact) mass is 362 g/mol. The van der Waals surface area contributed by atoms with Gasteiger partial charge in [-0.1, -0.05) is 37.6 Å². The normalized spacial score (nSPS) is 17.2. The molecule has 5 nitrogen and oxygen atoms in total. The van der Waals surface area contributed by atoms with Crippen LogP contribution in [0.5, 0.6) is 5.75 Å². The summed E-state index contributed by atoms with van der Waals surface area (Å²) in [7, 11) is 0. The Kier molecular flexibility index (Phi) is 4.44. The van der Waals surface area contributed by atoms with Gasteiger partial charge in [0.1, 0.15) is 5.75 Å². The van der Waals surface area contributed by atoms with Crippen LogP contribution < -0.4 is 4.90 Å². The van der Waals surface area contributed by atoms with E-state index >= 15 is 0 Å². The summed E-state index contributed by atoms with van der Waals surface area (Å²) in [6, 6.07) is 14.3. The lowest BCUT2D eigenvalue weighted by Gasteiger charge is -2.15. The van der Waals surface area contributed by atoms with E-state index in [0.717, 1.165) is 35.9 Å². The first-order valence-corrected chi connectivity index (χ1v) is 9.33. The Balaban J connectivity index is 1.74. The quantitative estimate of drug-likeness (QED) is 0.692. The Morgan fingerprint density at radius 2 is 1.93 bits per heavy atom. The molecule has 0 saturated carbocycles. The third-order valence-electron chi connectivity index (χ3n) is 5.18. The molecule has 138 valence electrons. The van der Waals surface area contributed by atoms with Gasteiger partial charge >= 0.3 is 0 Å². The summed E-state index contributed by atoms with van der Waals surface area (Å²) in [5.41, 5.74) is 2.42. The highest BCUT2D eigenvalue weighted by Gasteiger charge is 2.41. The van der Waals surface area contributed by atoms with Crippen molar-refractivity contribution in [2.45, 2.75) is 38.6 Å². The Morgan fingerprint density at radius 3 is 2.70 bits per heavy atom. The molecule has 3 aromatic rings. The predicted molar refractivity (Wildman–Crippen MR) is 105 cm³/mol. The molecule has 4 rings (SSSR count). The second kappa shape index (κ2) is 6.91. The molecular weight excluding hydrogens is 340 g/mol. The molecule has 5 heteroatoms. The second-order valence-corrected chi connectivity index (χ2v) is 6.99. The highest BCUT2D eigenvalue weighted by molar-refractivity contribution is 6.23. The van der Waals surface area contributed by atoms with Crippen molar-refractivity contribution in [1.29, 1.82) is 0 Å². The molecule has 1 aliphatic heterocycles. The second-order valence-electron chi connectivity index (χ2n) is 6.99. The minimum Gasteiger partial charge on any atom is -0.508 e. The topological polar surface area (TPSA) is 62.5 Å². The molecule has 1 fully saturated rings. The number of aromatic hydroxyl groups is 1. The fourth-order valence-electron chi connectivity index (χ4n) is 3.84. The molecule has 0 spiro atoms. The van der Waals surface area contributed by atoms with E-state index in [9.17, 15) is 14.7 Å². The van der Waals surface area contributed by atoms with Gasteiger partial charge in [-0.3, -0.25) is 9.59 Å². The fourth-order valence-corrected chi connectivity index (χ4v) is 3.84. The number of imide groups is 1. The van der Waals surface area contributed by atoms with E-state index in [4.69, 9.17) is 0 Å². The van der Waals surface area contributed by atoms with Crippen LogP contribution in [-0.2, 0) is 16.1 Å². The van der Waals surface area contributed by atoms with E-state index in [1.165, 1.54) is 17.0 Å². The fraction of sp³-hybridized carbons (Fsp3) is 0.273. The maximum absolute atomic E-state index is 13.1. The summed E-state index contributed by atoms with van der Waals surface area (Å²) in [4.78, 5) is 26.9. The molecule has 2 aromatic carbocycles. The zero-order valence-corrected chi connectivity index (χ0v) is 15.3. The number of nitrogens with zero attached hydrogens (tertiary/aromatic N) is 2. The Labute approximate surface area is 157 Å². The lowest BCUT2D eigenvalue weighted by molar-refractivity contribution is -0.121. The largest absolute Gasteiger partial charge is 0.508 e. The number of carbonyl (C=O) groups excluding carboxylic acids is 2. The molecule has 0 aliphatic carbocycles. The number of hydrogen-bond acceptors (Lipinski definition) is 3. The van der Waals surface area contributed by atoms with Gasteiger partial charge in [0.25, 0.3) is 0 Å². The number of aromatic nitrogens is 1. The summed E-state index contributed by atoms with van der Waals surface area (Å²) in [5, 5.41) is 10.7. The summed E-state index contributed by atoms with van der Waals surface area (Å²) < 4.78 is 2.18. The van der Waals surface area contributed by atoms with Crippen LogP contribution in [0.2, 0.25) is 0 Å². The number of benzene rings is 2. The molecule has 0 radical (unpaired) electrons. The highest BCUT2D eigenvalue weighted by Crippen LogP contribution is 2.38. The molecule has 1 N–H and O–H groups in total. The Bertz CT molecular complexity index is 1020. The van der Waals surface area contributed by atoms with Gasteiger partial charge in [-0.25, -0.2) is 4.90 Å². The maximum atomic E-state index is 13.1. The molecule has 1 aromatic heterocycles. The van der Waals surface area contributed by atoms with E-state index in [0.29, 0.717) is 5.69 Å². The van der Waals surface area contributed by atoms with Gasteiger partial charge in [0, 0.05) is 36.1 Å². The van der Waals surface area contributed by atoms with E-state index in [2.05, 4.69) is 17.6 Å². The minimum atomic E-state index is -0.493. The van der Waals surface area contributed by atoms with Crippen molar-refractivity contribution >= 4 is 28.4 Å². The number of anilines is 1. The lowest BCUT2D eigenvalue weighted by Crippen LogP contribution is -2.29. The first-order chi connectivity index (χ1) is 13.1. The average molecular weight is 362 g/mol. The van der Waals surface area contributed by atoms with Crippen molar-refractivity contribution in [2.75, 3.05) is 4.90 Å². The summed E-state index contributed by atoms with van der Waals surface area (Å²) >= 11 is 0. The van der Waals surface area contributed by atoms with E-state index in [1.807, 2.05) is 24.4 Å². The van der Waals surface area contributed by atoms with Gasteiger partial charge in [0.05, 0.1) is 11.6 Å². The third-order valence-corrected chi connectivity index (χ3v) is 5.18. The number of aryl methyl sites for hydroxylation is 1. The van der Waals surface area contributed by atoms with Crippen LogP contribution >= 0.6 is 0 Å². The van der Waals surface area contributed by atoms with Crippen molar-refractivity contribution in [1.82, 2.24) is 4.57 Å². The van der Waals surface area contributed by atoms with Crippen molar-refractivity contribution in [3.63, 3.8) is 0 Å². The number of unbranched alkanes of at least 4 members (excludes halogenated alkanes) is 1. The van der Waals surface area contributed by atoms with Crippen molar-refractivity contribution in [3.05, 3.63) is 60.3 Å². The first-order valence-electron chi connectivity index (χ1n) is 9.33. The van der Waals surface area contributed by atoms with E-state index in [1.54, 1.807) is 12.1 Å². The van der Waals surface area contributed by atoms with Crippen molar-refractivity contribution in [3.8, 4) is 5.75 Å². The molecule has 1 atom stereocenters. The van der Waals surface area contributed by atoms with Gasteiger partial charge in [-0.05, 0) is 30.2 Å².